The predicted octanol–water partition coefficient (Wildman–Crippen LogP) is 0.280. The van der Waals surface area contributed by atoms with Crippen LogP contribution in [0, 0.1) is 0 Å². The van der Waals surface area contributed by atoms with Crippen LogP contribution in [0.25, 0.3) is 11.3 Å². The van der Waals surface area contributed by atoms with E-state index in [2.05, 4.69) is 26.7 Å². The monoisotopic (exact) mass is 472 g/mol. The minimum atomic E-state index is -3.13. The van der Waals surface area contributed by atoms with Crippen LogP contribution >= 0.6 is 0 Å². The van der Waals surface area contributed by atoms with Gasteiger partial charge >= 0.3 is 0 Å². The van der Waals surface area contributed by atoms with E-state index in [1.807, 2.05) is 0 Å². The Morgan fingerprint density at radius 2 is 1.85 bits per heavy atom. The van der Waals surface area contributed by atoms with E-state index in [9.17, 15) is 8.42 Å². The number of hydrogen-bond acceptors (Lipinski definition) is 10. The van der Waals surface area contributed by atoms with E-state index in [-0.39, 0.29) is 23.3 Å². The molecule has 33 heavy (non-hydrogen) atoms. The molecule has 0 amide bonds. The van der Waals surface area contributed by atoms with Crippen molar-refractivity contribution in [3.63, 3.8) is 0 Å². The van der Waals surface area contributed by atoms with E-state index < -0.39 is 10.0 Å². The van der Waals surface area contributed by atoms with Crippen molar-refractivity contribution < 1.29 is 13.2 Å². The number of nitrogen functional groups attached to an aromatic ring is 1. The normalized spacial score (nSPS) is 24.1. The number of morpholine rings is 1. The molecule has 3 fully saturated rings. The Labute approximate surface area is 193 Å². The standard InChI is InChI=1S/C21H28N8O3S/c1-13-12-32-7-6-28(13)21-25-18(14-8-23-20(22)24-9-14)17-4-5-29(19(17)26-21)15-10-27(11-15)33(30,31)16-2-3-16/h8-9,13,15-16H,2-7,10-12H2,1H3,(H2,22,23,24)/t13-/m0/s1. The minimum absolute atomic E-state index is 0.125. The number of hydrogen-bond donors (Lipinski definition) is 1. The van der Waals surface area contributed by atoms with Gasteiger partial charge in [0.25, 0.3) is 0 Å². The first-order chi connectivity index (χ1) is 15.9. The Morgan fingerprint density at radius 3 is 2.55 bits per heavy atom. The largest absolute Gasteiger partial charge is 0.377 e. The predicted molar refractivity (Wildman–Crippen MR) is 123 cm³/mol. The van der Waals surface area contributed by atoms with Crippen LogP contribution in [0.1, 0.15) is 25.3 Å². The van der Waals surface area contributed by atoms with Crippen LogP contribution in [0.5, 0.6) is 0 Å². The van der Waals surface area contributed by atoms with Crippen molar-refractivity contribution >= 4 is 27.7 Å². The van der Waals surface area contributed by atoms with Crippen LogP contribution in [-0.2, 0) is 21.2 Å². The quantitative estimate of drug-likeness (QED) is 0.647. The zero-order chi connectivity index (χ0) is 22.7. The molecule has 0 spiro atoms. The van der Waals surface area contributed by atoms with Gasteiger partial charge in [-0.3, -0.25) is 0 Å². The summed E-state index contributed by atoms with van der Waals surface area (Å²) in [5.74, 6) is 1.77. The van der Waals surface area contributed by atoms with Crippen molar-refractivity contribution in [1.29, 1.82) is 0 Å². The third-order valence-electron chi connectivity index (χ3n) is 6.99. The number of nitrogens with two attached hydrogens (primary N) is 1. The Balaban J connectivity index is 1.35. The third kappa shape index (κ3) is 3.60. The summed E-state index contributed by atoms with van der Waals surface area (Å²) in [5, 5.41) is -0.168. The summed E-state index contributed by atoms with van der Waals surface area (Å²) < 4.78 is 32.4. The van der Waals surface area contributed by atoms with Gasteiger partial charge in [-0.25, -0.2) is 23.4 Å². The summed E-state index contributed by atoms with van der Waals surface area (Å²) in [6.45, 7) is 5.90. The molecule has 6 rings (SSSR count). The average molecular weight is 473 g/mol. The van der Waals surface area contributed by atoms with E-state index in [0.717, 1.165) is 48.4 Å². The first-order valence-corrected chi connectivity index (χ1v) is 13.0. The van der Waals surface area contributed by atoms with Crippen LogP contribution in [0.15, 0.2) is 12.4 Å². The third-order valence-corrected chi connectivity index (χ3v) is 9.32. The Kier molecular flexibility index (Phi) is 4.93. The molecule has 12 heteroatoms. The van der Waals surface area contributed by atoms with Gasteiger partial charge in [0.2, 0.25) is 21.9 Å². The summed E-state index contributed by atoms with van der Waals surface area (Å²) in [7, 11) is -3.13. The molecule has 0 aromatic carbocycles. The van der Waals surface area contributed by atoms with Gasteiger partial charge in [0.15, 0.2) is 0 Å². The Bertz CT molecular complexity index is 1160. The van der Waals surface area contributed by atoms with Crippen LogP contribution < -0.4 is 15.5 Å². The molecule has 2 saturated heterocycles. The second-order valence-electron chi connectivity index (χ2n) is 9.28. The van der Waals surface area contributed by atoms with E-state index in [1.165, 1.54) is 0 Å². The second-order valence-corrected chi connectivity index (χ2v) is 11.5. The minimum Gasteiger partial charge on any atom is -0.377 e. The number of rotatable bonds is 5. The molecular formula is C21H28N8O3S. The van der Waals surface area contributed by atoms with Gasteiger partial charge in [0.1, 0.15) is 5.82 Å². The summed E-state index contributed by atoms with van der Waals surface area (Å²) >= 11 is 0. The van der Waals surface area contributed by atoms with Crippen LogP contribution in [0.2, 0.25) is 0 Å². The number of nitrogens with zero attached hydrogens (tertiary/aromatic N) is 7. The highest BCUT2D eigenvalue weighted by Crippen LogP contribution is 2.40. The maximum atomic E-state index is 12.6. The number of ether oxygens (including phenoxy) is 1. The number of sulfonamides is 1. The van der Waals surface area contributed by atoms with Crippen molar-refractivity contribution in [2.45, 2.75) is 43.5 Å². The maximum absolute atomic E-state index is 12.6. The highest BCUT2D eigenvalue weighted by atomic mass is 32.2. The molecule has 4 aliphatic rings. The number of aromatic nitrogens is 4. The lowest BCUT2D eigenvalue weighted by molar-refractivity contribution is 0.0981. The molecular weight excluding hydrogens is 444 g/mol. The van der Waals surface area contributed by atoms with E-state index in [0.29, 0.717) is 38.8 Å². The van der Waals surface area contributed by atoms with Gasteiger partial charge in [-0.2, -0.15) is 9.29 Å². The molecule has 0 bridgehead atoms. The van der Waals surface area contributed by atoms with Crippen molar-refractivity contribution in [1.82, 2.24) is 24.2 Å². The first-order valence-electron chi connectivity index (χ1n) is 11.5. The molecule has 0 unspecified atom stereocenters. The molecule has 3 aliphatic heterocycles. The van der Waals surface area contributed by atoms with Crippen molar-refractivity contribution in [3.8, 4) is 11.3 Å². The van der Waals surface area contributed by atoms with Gasteiger partial charge in [0.05, 0.1) is 36.2 Å². The molecule has 5 heterocycles. The molecule has 0 radical (unpaired) electrons. The fourth-order valence-corrected chi connectivity index (χ4v) is 6.79. The molecule has 2 aromatic heterocycles. The summed E-state index contributed by atoms with van der Waals surface area (Å²) in [6.07, 6.45) is 5.77. The SMILES string of the molecule is C[C@H]1COCCN1c1nc(-c2cnc(N)nc2)c2c(n1)N(C1CN(S(=O)(=O)C3CC3)C1)CC2. The fraction of sp³-hybridized carbons (Fsp3) is 0.619. The van der Waals surface area contributed by atoms with Crippen molar-refractivity contribution in [3.05, 3.63) is 18.0 Å². The smallest absolute Gasteiger partial charge is 0.228 e. The van der Waals surface area contributed by atoms with Crippen LogP contribution in [-0.4, -0.2) is 89.4 Å². The lowest BCUT2D eigenvalue weighted by atomic mass is 10.1. The molecule has 176 valence electrons. The van der Waals surface area contributed by atoms with Crippen LogP contribution in [0.4, 0.5) is 17.7 Å². The average Bonchev–Trinajstić information content (AvgIpc) is 3.55. The lowest BCUT2D eigenvalue weighted by Gasteiger charge is -2.44. The van der Waals surface area contributed by atoms with E-state index >= 15 is 0 Å². The molecule has 2 aromatic rings. The topological polar surface area (TPSA) is 131 Å². The highest BCUT2D eigenvalue weighted by molar-refractivity contribution is 7.90. The van der Waals surface area contributed by atoms with Crippen LogP contribution in [0.3, 0.4) is 0 Å². The van der Waals surface area contributed by atoms with Gasteiger partial charge < -0.3 is 20.3 Å². The molecule has 11 nitrogen and oxygen atoms in total. The van der Waals surface area contributed by atoms with E-state index in [1.54, 1.807) is 16.7 Å². The van der Waals surface area contributed by atoms with Gasteiger partial charge in [0, 0.05) is 49.7 Å². The highest BCUT2D eigenvalue weighted by Gasteiger charge is 2.48. The maximum Gasteiger partial charge on any atom is 0.228 e. The van der Waals surface area contributed by atoms with Crippen molar-refractivity contribution in [2.75, 3.05) is 54.9 Å². The zero-order valence-corrected chi connectivity index (χ0v) is 19.4. The molecule has 1 aliphatic carbocycles. The molecule has 2 N–H and O–H groups in total. The molecule has 1 atom stereocenters. The lowest BCUT2D eigenvalue weighted by Crippen LogP contribution is -2.61. The zero-order valence-electron chi connectivity index (χ0n) is 18.6. The van der Waals surface area contributed by atoms with E-state index in [4.69, 9.17) is 20.4 Å². The Hall–Kier alpha value is -2.57. The van der Waals surface area contributed by atoms with Gasteiger partial charge in [-0.15, -0.1) is 0 Å². The second kappa shape index (κ2) is 7.74. The van der Waals surface area contributed by atoms with Gasteiger partial charge in [-0.05, 0) is 26.2 Å². The van der Waals surface area contributed by atoms with Crippen molar-refractivity contribution in [2.24, 2.45) is 0 Å². The summed E-state index contributed by atoms with van der Waals surface area (Å²) in [6, 6.07) is 0.283. The van der Waals surface area contributed by atoms with Gasteiger partial charge in [-0.1, -0.05) is 0 Å². The number of fused-ring (bicyclic) bond motifs is 1. The summed E-state index contributed by atoms with van der Waals surface area (Å²) in [5.41, 5.74) is 8.38. The number of anilines is 3. The fourth-order valence-electron chi connectivity index (χ4n) is 4.87. The summed E-state index contributed by atoms with van der Waals surface area (Å²) in [4.78, 5) is 22.7. The first kappa shape index (κ1) is 21.0. The molecule has 1 saturated carbocycles. The Morgan fingerprint density at radius 1 is 1.09 bits per heavy atom.